The smallest absolute Gasteiger partial charge is 0.0794 e. The molecule has 0 atom stereocenters. The molecular formula is C17H31NS. The van der Waals surface area contributed by atoms with Crippen LogP contribution in [-0.4, -0.2) is 4.98 Å². The molecule has 1 rings (SSSR count). The zero-order valence-electron chi connectivity index (χ0n) is 12.9. The summed E-state index contributed by atoms with van der Waals surface area (Å²) in [4.78, 5) is 4.46. The molecule has 0 bridgehead atoms. The lowest BCUT2D eigenvalue weighted by molar-refractivity contribution is 0.401. The molecule has 0 radical (unpaired) electrons. The van der Waals surface area contributed by atoms with Crippen LogP contribution < -0.4 is 0 Å². The molecule has 0 aliphatic carbocycles. The lowest BCUT2D eigenvalue weighted by Gasteiger charge is -2.15. The van der Waals surface area contributed by atoms with Crippen molar-refractivity contribution in [2.24, 2.45) is 5.92 Å². The second kappa shape index (κ2) is 11.5. The monoisotopic (exact) mass is 281 g/mol. The molecule has 19 heavy (non-hydrogen) atoms. The van der Waals surface area contributed by atoms with Crippen molar-refractivity contribution in [1.29, 1.82) is 0 Å². The highest BCUT2D eigenvalue weighted by atomic mass is 32.1. The minimum Gasteiger partial charge on any atom is -0.250 e. The Balaban J connectivity index is 2.25. The van der Waals surface area contributed by atoms with E-state index in [1.807, 2.05) is 5.51 Å². The van der Waals surface area contributed by atoms with Crippen molar-refractivity contribution in [3.63, 3.8) is 0 Å². The Kier molecular flexibility index (Phi) is 10.1. The lowest BCUT2D eigenvalue weighted by atomic mass is 9.91. The van der Waals surface area contributed by atoms with Crippen molar-refractivity contribution < 1.29 is 0 Å². The van der Waals surface area contributed by atoms with Gasteiger partial charge in [-0.15, -0.1) is 11.3 Å². The van der Waals surface area contributed by atoms with Crippen LogP contribution in [0.5, 0.6) is 0 Å². The van der Waals surface area contributed by atoms with Crippen molar-refractivity contribution in [2.75, 3.05) is 0 Å². The lowest BCUT2D eigenvalue weighted by Crippen LogP contribution is -2.05. The molecule has 0 aromatic carbocycles. The summed E-state index contributed by atoms with van der Waals surface area (Å²) < 4.78 is 0. The van der Waals surface area contributed by atoms with Crippen LogP contribution in [0.25, 0.3) is 0 Å². The Morgan fingerprint density at radius 2 is 1.58 bits per heavy atom. The molecule has 0 amide bonds. The predicted molar refractivity (Wildman–Crippen MR) is 86.8 cm³/mol. The maximum atomic E-state index is 4.46. The number of aromatic nitrogens is 1. The molecule has 0 saturated carbocycles. The van der Waals surface area contributed by atoms with Gasteiger partial charge in [0.15, 0.2) is 0 Å². The van der Waals surface area contributed by atoms with Crippen LogP contribution in [0, 0.1) is 5.92 Å². The molecule has 1 heterocycles. The molecule has 1 aromatic heterocycles. The summed E-state index contributed by atoms with van der Waals surface area (Å²) in [6, 6.07) is 0. The first-order valence-electron chi connectivity index (χ1n) is 8.23. The average molecular weight is 282 g/mol. The first-order chi connectivity index (χ1) is 9.36. The van der Waals surface area contributed by atoms with E-state index in [1.54, 1.807) is 11.3 Å². The van der Waals surface area contributed by atoms with Gasteiger partial charge in [-0.3, -0.25) is 0 Å². The third-order valence-electron chi connectivity index (χ3n) is 3.91. The quantitative estimate of drug-likeness (QED) is 0.413. The minimum atomic E-state index is 0.871. The third-order valence-corrected chi connectivity index (χ3v) is 4.55. The molecule has 2 heteroatoms. The van der Waals surface area contributed by atoms with Gasteiger partial charge in [0, 0.05) is 5.38 Å². The highest BCUT2D eigenvalue weighted by Crippen LogP contribution is 2.22. The summed E-state index contributed by atoms with van der Waals surface area (Å²) in [7, 11) is 0. The van der Waals surface area contributed by atoms with E-state index < -0.39 is 0 Å². The Hall–Kier alpha value is -0.370. The van der Waals surface area contributed by atoms with Gasteiger partial charge in [-0.05, 0) is 12.3 Å². The number of nitrogens with zero attached hydrogens (tertiary/aromatic N) is 1. The van der Waals surface area contributed by atoms with Crippen LogP contribution in [0.1, 0.15) is 83.7 Å². The van der Waals surface area contributed by atoms with Crippen LogP contribution in [0.2, 0.25) is 0 Å². The van der Waals surface area contributed by atoms with Crippen LogP contribution in [0.3, 0.4) is 0 Å². The summed E-state index contributed by atoms with van der Waals surface area (Å²) >= 11 is 1.73. The summed E-state index contributed by atoms with van der Waals surface area (Å²) in [5, 5.41) is 2.23. The summed E-state index contributed by atoms with van der Waals surface area (Å²) in [5.74, 6) is 0.871. The maximum Gasteiger partial charge on any atom is 0.0794 e. The summed E-state index contributed by atoms with van der Waals surface area (Å²) in [5.41, 5.74) is 3.29. The Bertz CT molecular complexity index is 269. The van der Waals surface area contributed by atoms with Crippen molar-refractivity contribution in [1.82, 2.24) is 4.98 Å². The van der Waals surface area contributed by atoms with Crippen LogP contribution in [0.15, 0.2) is 10.9 Å². The first-order valence-corrected chi connectivity index (χ1v) is 9.18. The second-order valence-corrected chi connectivity index (χ2v) is 6.47. The largest absolute Gasteiger partial charge is 0.250 e. The molecule has 1 nitrogen and oxygen atoms in total. The van der Waals surface area contributed by atoms with E-state index in [0.717, 1.165) is 5.92 Å². The van der Waals surface area contributed by atoms with E-state index in [0.29, 0.717) is 0 Å². The number of hydrogen-bond acceptors (Lipinski definition) is 2. The molecule has 0 fully saturated rings. The first kappa shape index (κ1) is 16.7. The molecule has 0 saturated heterocycles. The summed E-state index contributed by atoms with van der Waals surface area (Å²) in [6.45, 7) is 4.58. The van der Waals surface area contributed by atoms with E-state index in [4.69, 9.17) is 0 Å². The van der Waals surface area contributed by atoms with E-state index >= 15 is 0 Å². The van der Waals surface area contributed by atoms with Crippen molar-refractivity contribution in [2.45, 2.75) is 84.5 Å². The number of hydrogen-bond donors (Lipinski definition) is 0. The minimum absolute atomic E-state index is 0.871. The molecule has 0 unspecified atom stereocenters. The van der Waals surface area contributed by atoms with Gasteiger partial charge in [0.25, 0.3) is 0 Å². The number of unbranched alkanes of at least 4 members (excludes halogenated alkanes) is 6. The van der Waals surface area contributed by atoms with Crippen molar-refractivity contribution >= 4 is 11.3 Å². The molecular weight excluding hydrogens is 250 g/mol. The molecule has 0 N–H and O–H groups in total. The molecule has 0 spiro atoms. The van der Waals surface area contributed by atoms with E-state index in [9.17, 15) is 0 Å². The van der Waals surface area contributed by atoms with Crippen molar-refractivity contribution in [3.05, 3.63) is 16.6 Å². The normalized spacial score (nSPS) is 11.3. The molecule has 0 aliphatic rings. The third kappa shape index (κ3) is 8.41. The van der Waals surface area contributed by atoms with Gasteiger partial charge in [-0.25, -0.2) is 4.98 Å². The Labute approximate surface area is 123 Å². The highest BCUT2D eigenvalue weighted by Gasteiger charge is 2.10. The maximum absolute atomic E-state index is 4.46. The fourth-order valence-electron chi connectivity index (χ4n) is 2.70. The van der Waals surface area contributed by atoms with E-state index in [2.05, 4.69) is 24.2 Å². The van der Waals surface area contributed by atoms with Crippen LogP contribution in [-0.2, 0) is 6.42 Å². The molecule has 0 aliphatic heterocycles. The van der Waals surface area contributed by atoms with Gasteiger partial charge >= 0.3 is 0 Å². The SMILES string of the molecule is CCCCCCC(CCCCCC)Cc1cscn1. The van der Waals surface area contributed by atoms with Gasteiger partial charge in [-0.2, -0.15) is 0 Å². The molecule has 110 valence electrons. The topological polar surface area (TPSA) is 12.9 Å². The van der Waals surface area contributed by atoms with Gasteiger partial charge in [0.2, 0.25) is 0 Å². The van der Waals surface area contributed by atoms with Gasteiger partial charge < -0.3 is 0 Å². The summed E-state index contributed by atoms with van der Waals surface area (Å²) in [6.07, 6.45) is 15.2. The van der Waals surface area contributed by atoms with Crippen LogP contribution >= 0.6 is 11.3 Å². The van der Waals surface area contributed by atoms with E-state index in [1.165, 1.54) is 76.3 Å². The number of rotatable bonds is 12. The standard InChI is InChI=1S/C17H31NS/c1-3-5-7-9-11-16(12-10-8-6-4-2)13-17-14-19-15-18-17/h14-16H,3-13H2,1-2H3. The number of thiazole rings is 1. The zero-order chi connectivity index (χ0) is 13.8. The fraction of sp³-hybridized carbons (Fsp3) is 0.824. The highest BCUT2D eigenvalue weighted by molar-refractivity contribution is 7.07. The van der Waals surface area contributed by atoms with Gasteiger partial charge in [0.1, 0.15) is 0 Å². The zero-order valence-corrected chi connectivity index (χ0v) is 13.7. The Morgan fingerprint density at radius 1 is 0.947 bits per heavy atom. The Morgan fingerprint density at radius 3 is 2.05 bits per heavy atom. The average Bonchev–Trinajstić information content (AvgIpc) is 2.92. The van der Waals surface area contributed by atoms with Crippen LogP contribution in [0.4, 0.5) is 0 Å². The molecule has 1 aromatic rings. The predicted octanol–water partition coefficient (Wildman–Crippen LogP) is 6.24. The van der Waals surface area contributed by atoms with E-state index in [-0.39, 0.29) is 0 Å². The van der Waals surface area contributed by atoms with Gasteiger partial charge in [-0.1, -0.05) is 78.1 Å². The van der Waals surface area contributed by atoms with Crippen molar-refractivity contribution in [3.8, 4) is 0 Å². The fourth-order valence-corrected chi connectivity index (χ4v) is 3.27. The van der Waals surface area contributed by atoms with Gasteiger partial charge in [0.05, 0.1) is 11.2 Å². The second-order valence-electron chi connectivity index (χ2n) is 5.75.